The zero-order valence-corrected chi connectivity index (χ0v) is 78.8. The zero-order valence-electron chi connectivity index (χ0n) is 78.8. The summed E-state index contributed by atoms with van der Waals surface area (Å²) in [5.41, 5.74) is 24.7. The number of aliphatic hydroxyl groups is 2. The van der Waals surface area contributed by atoms with E-state index in [0.29, 0.717) is 12.1 Å². The Morgan fingerprint density at radius 2 is 0.881 bits per heavy atom. The molecule has 8 aromatic heterocycles. The minimum Gasteiger partial charge on any atom is -0.497 e. The summed E-state index contributed by atoms with van der Waals surface area (Å²) in [6, 6.07) is 54.9. The van der Waals surface area contributed by atoms with Crippen LogP contribution in [0, 0.1) is 0 Å². The summed E-state index contributed by atoms with van der Waals surface area (Å²) in [6.07, 6.45) is 26.2. The van der Waals surface area contributed by atoms with Crippen LogP contribution in [0.3, 0.4) is 0 Å². The third-order valence-corrected chi connectivity index (χ3v) is 24.8. The van der Waals surface area contributed by atoms with Gasteiger partial charge in [0.25, 0.3) is 0 Å². The lowest BCUT2D eigenvalue weighted by Gasteiger charge is -2.27. The van der Waals surface area contributed by atoms with Crippen LogP contribution < -0.4 is 58.7 Å². The number of anilines is 8. The number of pyridine rings is 4. The first kappa shape index (κ1) is 93.2. The number of aryl methyl sites for hydroxylation is 2. The molecular formula is C105H120N20O9. The average Bonchev–Trinajstić information content (AvgIpc) is 1.51. The predicted molar refractivity (Wildman–Crippen MR) is 533 cm³/mol. The van der Waals surface area contributed by atoms with Gasteiger partial charge in [0.05, 0.1) is 103 Å². The highest BCUT2D eigenvalue weighted by atomic mass is 16.5. The van der Waals surface area contributed by atoms with Crippen LogP contribution in [0.2, 0.25) is 0 Å². The number of rotatable bonds is 27. The maximum Gasteiger partial charge on any atom is 0.150 e. The van der Waals surface area contributed by atoms with Gasteiger partial charge in [-0.25, -0.2) is 4.68 Å². The number of ether oxygens (including phenoxy) is 7. The lowest BCUT2D eigenvalue weighted by atomic mass is 10.0. The molecule has 0 aliphatic carbocycles. The Hall–Kier alpha value is -14.0. The van der Waals surface area contributed by atoms with Gasteiger partial charge >= 0.3 is 0 Å². The number of fused-ring (bicyclic) bond motifs is 6. The van der Waals surface area contributed by atoms with Crippen molar-refractivity contribution in [3.05, 3.63) is 254 Å². The molecule has 1 unspecified atom stereocenters. The summed E-state index contributed by atoms with van der Waals surface area (Å²) in [5, 5.41) is 51.3. The normalized spacial score (nSPS) is 14.0. The predicted octanol–water partition coefficient (Wildman–Crippen LogP) is 18.2. The van der Waals surface area contributed by atoms with Crippen molar-refractivity contribution in [3.63, 3.8) is 0 Å². The summed E-state index contributed by atoms with van der Waals surface area (Å²) >= 11 is 0. The fraction of sp³-hybridized carbons (Fsp3) is 0.314. The number of aromatic amines is 1. The molecule has 1 fully saturated rings. The Bertz CT molecular complexity index is 6650. The van der Waals surface area contributed by atoms with Crippen LogP contribution in [0.15, 0.2) is 232 Å². The number of hydrogen-bond acceptors (Lipinski definition) is 25. The van der Waals surface area contributed by atoms with Crippen molar-refractivity contribution >= 4 is 89.1 Å². The SMILES string of the molecule is CNCCN(c1cc(OC)cc(OC)c1)c1ccc2ncc(-c3cnn(C)c3)cc2c1.COc1cc(CO)c2c(c1)N(c1ccc3ncc(-c4cn[nH]c4)cc3c1)CCN(C(C)C)C2.COc1cc(CO)c2c(c1)N(c1ccc3ncc(-c4cnn(C)c4)cc3c1)CCN(C)C2.COc1cc(OC)cc(N(CCNC(C)C)c2ccc3ncc(-c4cnn(C5CCCCO5)c4)cc3c2)c1. The number of nitrogens with zero attached hydrogens (tertiary/aromatic N) is 17. The van der Waals surface area contributed by atoms with Crippen LogP contribution in [-0.2, 0) is 45.1 Å². The maximum atomic E-state index is 10.1. The molecule has 29 heteroatoms. The van der Waals surface area contributed by atoms with E-state index in [1.807, 2.05) is 136 Å². The van der Waals surface area contributed by atoms with Gasteiger partial charge in [-0.15, -0.1) is 0 Å². The highest BCUT2D eigenvalue weighted by Crippen LogP contribution is 2.44. The molecule has 0 spiro atoms. The van der Waals surface area contributed by atoms with Gasteiger partial charge in [-0.3, -0.25) is 39.3 Å². The molecule has 16 aromatic rings. The molecule has 3 aliphatic rings. The van der Waals surface area contributed by atoms with Gasteiger partial charge in [0.1, 0.15) is 40.7 Å². The van der Waals surface area contributed by atoms with E-state index in [1.54, 1.807) is 58.2 Å². The van der Waals surface area contributed by atoms with Crippen LogP contribution in [0.25, 0.3) is 88.1 Å². The second-order valence-corrected chi connectivity index (χ2v) is 34.4. The van der Waals surface area contributed by atoms with E-state index in [4.69, 9.17) is 38.1 Å². The Morgan fingerprint density at radius 3 is 1.31 bits per heavy atom. The van der Waals surface area contributed by atoms with E-state index in [0.717, 1.165) is 275 Å². The van der Waals surface area contributed by atoms with Crippen LogP contribution in [0.1, 0.15) is 75.4 Å². The standard InChI is InChI=1S/C30H37N5O3.C26H29N5O2.C25H27N5O2.C24H27N5O2/c1-21(2)31-10-11-34(26-15-27(36-3)17-28(16-26)37-4)25-8-9-29-22(14-25)13-23(18-32-29)24-19-33-35(20-24)30-7-5-6-12-38-30;1-17(2)30-6-7-31(26-11-23(33-3)10-20(16-32)24(26)15-30)22-4-5-25-18(9-22)8-19(12-27-25)21-13-28-29-14-21;1-28-6-7-30(25-11-22(32-3)10-19(16-31)23(25)15-28)21-4-5-24-17(9-21)8-18(12-26-24)20-13-27-29(2)14-20;1-25-7-8-29(21-11-22(30-3)13-23(12-21)31-4)20-5-6-24-17(10-20)9-18(14-26-24)19-15-27-28(2)16-19/h8-9,13-21,30-31H,5-7,10-12H2,1-4H3;4-5,8-14,17,32H,6-7,15-16H2,1-3H3,(H,28,29);4-5,8-14,31H,6-7,15-16H2,1-3H3;5-6,9-16,25H,7-8H2,1-4H3. The Morgan fingerprint density at radius 1 is 0.440 bits per heavy atom. The molecule has 134 heavy (non-hydrogen) atoms. The molecule has 5 N–H and O–H groups in total. The summed E-state index contributed by atoms with van der Waals surface area (Å²) in [4.78, 5) is 32.6. The van der Waals surface area contributed by atoms with Crippen LogP contribution in [0.5, 0.6) is 34.5 Å². The number of aromatic nitrogens is 12. The molecule has 694 valence electrons. The van der Waals surface area contributed by atoms with E-state index in [1.165, 1.54) is 6.42 Å². The van der Waals surface area contributed by atoms with E-state index < -0.39 is 0 Å². The highest BCUT2D eigenvalue weighted by molar-refractivity contribution is 5.92. The number of hydrogen-bond donors (Lipinski definition) is 5. The molecule has 29 nitrogen and oxygen atoms in total. The second kappa shape index (κ2) is 43.1. The summed E-state index contributed by atoms with van der Waals surface area (Å²) in [6.45, 7) is 17.8. The van der Waals surface area contributed by atoms with Gasteiger partial charge in [-0.1, -0.05) is 13.8 Å². The number of nitrogens with one attached hydrogen (secondary N) is 3. The molecule has 11 heterocycles. The Kier molecular flexibility index (Phi) is 30.0. The van der Waals surface area contributed by atoms with Crippen molar-refractivity contribution in [2.45, 2.75) is 91.6 Å². The first-order valence-electron chi connectivity index (χ1n) is 45.5. The van der Waals surface area contributed by atoms with E-state index in [-0.39, 0.29) is 19.4 Å². The van der Waals surface area contributed by atoms with Crippen molar-refractivity contribution < 1.29 is 43.4 Å². The maximum absolute atomic E-state index is 10.1. The topological polar surface area (TPSA) is 282 Å². The van der Waals surface area contributed by atoms with E-state index in [9.17, 15) is 10.2 Å². The highest BCUT2D eigenvalue weighted by Gasteiger charge is 2.29. The Labute approximate surface area is 782 Å². The molecule has 19 rings (SSSR count). The minimum absolute atomic E-state index is 0.0165. The van der Waals surface area contributed by atoms with Crippen molar-refractivity contribution in [2.75, 3.05) is 135 Å². The molecule has 1 atom stereocenters. The lowest BCUT2D eigenvalue weighted by Crippen LogP contribution is -2.34. The van der Waals surface area contributed by atoms with E-state index in [2.05, 4.69) is 231 Å². The van der Waals surface area contributed by atoms with Gasteiger partial charge in [0, 0.05) is 308 Å². The number of likely N-dealkylation sites (N-methyl/N-ethyl adjacent to an activating group) is 2. The third kappa shape index (κ3) is 21.8. The zero-order chi connectivity index (χ0) is 93.5. The van der Waals surface area contributed by atoms with Crippen LogP contribution >= 0.6 is 0 Å². The lowest BCUT2D eigenvalue weighted by molar-refractivity contribution is -0.0394. The summed E-state index contributed by atoms with van der Waals surface area (Å²) < 4.78 is 44.6. The number of benzene rings is 8. The molecule has 0 bridgehead atoms. The molecular weight excluding hydrogens is 1690 g/mol. The Balaban J connectivity index is 0.000000130. The fourth-order valence-corrected chi connectivity index (χ4v) is 17.4. The number of methoxy groups -OCH3 is 6. The molecule has 1 saturated heterocycles. The summed E-state index contributed by atoms with van der Waals surface area (Å²) in [5.74, 6) is 4.53. The van der Waals surface area contributed by atoms with Crippen molar-refractivity contribution in [2.24, 2.45) is 14.1 Å². The molecule has 0 radical (unpaired) electrons. The molecule has 0 amide bonds. The van der Waals surface area contributed by atoms with Crippen LogP contribution in [-0.4, -0.2) is 207 Å². The summed E-state index contributed by atoms with van der Waals surface area (Å²) in [7, 11) is 17.9. The molecule has 8 aromatic carbocycles. The van der Waals surface area contributed by atoms with Crippen LogP contribution in [0.4, 0.5) is 45.5 Å². The minimum atomic E-state index is -0.0188. The van der Waals surface area contributed by atoms with Crippen molar-refractivity contribution in [1.29, 1.82) is 0 Å². The van der Waals surface area contributed by atoms with E-state index >= 15 is 0 Å². The van der Waals surface area contributed by atoms with Gasteiger partial charge < -0.3 is 78.5 Å². The number of aliphatic hydroxyl groups excluding tert-OH is 2. The fourth-order valence-electron chi connectivity index (χ4n) is 17.4. The average molecular weight is 1810 g/mol. The number of H-pyrrole nitrogens is 1. The monoisotopic (exact) mass is 1800 g/mol. The van der Waals surface area contributed by atoms with Gasteiger partial charge in [0.15, 0.2) is 0 Å². The van der Waals surface area contributed by atoms with Crippen molar-refractivity contribution in [3.8, 4) is 79.0 Å². The largest absolute Gasteiger partial charge is 0.497 e. The van der Waals surface area contributed by atoms with Gasteiger partial charge in [0.2, 0.25) is 0 Å². The first-order chi connectivity index (χ1) is 65.3. The molecule has 3 aliphatic heterocycles. The smallest absolute Gasteiger partial charge is 0.150 e. The first-order valence-corrected chi connectivity index (χ1v) is 45.5. The quantitative estimate of drug-likeness (QED) is 0.0320. The van der Waals surface area contributed by atoms with Gasteiger partial charge in [-0.05, 0) is 179 Å². The second-order valence-electron chi connectivity index (χ2n) is 34.4. The van der Waals surface area contributed by atoms with Gasteiger partial charge in [-0.2, -0.15) is 20.4 Å². The van der Waals surface area contributed by atoms with Crippen molar-refractivity contribution in [1.82, 2.24) is 79.9 Å². The third-order valence-electron chi connectivity index (χ3n) is 24.8. The molecule has 0 saturated carbocycles.